The van der Waals surface area contributed by atoms with Crippen LogP contribution in [0.5, 0.6) is 0 Å². The van der Waals surface area contributed by atoms with Crippen molar-refractivity contribution in [3.05, 3.63) is 32.8 Å². The SMILES string of the molecule is CCOC(=O)c1n[nH]nc1-c1c(Br)cccc1Br. The number of nitrogens with one attached hydrogen (secondary N) is 1. The van der Waals surface area contributed by atoms with Crippen LogP contribution in [0.1, 0.15) is 17.4 Å². The van der Waals surface area contributed by atoms with Crippen LogP contribution in [-0.2, 0) is 4.74 Å². The van der Waals surface area contributed by atoms with E-state index in [1.807, 2.05) is 18.2 Å². The second-order valence-corrected chi connectivity index (χ2v) is 5.05. The summed E-state index contributed by atoms with van der Waals surface area (Å²) in [4.78, 5) is 11.7. The molecular weight excluding hydrogens is 366 g/mol. The lowest BCUT2D eigenvalue weighted by atomic mass is 10.1. The van der Waals surface area contributed by atoms with Crippen LogP contribution in [0.15, 0.2) is 27.1 Å². The minimum Gasteiger partial charge on any atom is -0.461 e. The van der Waals surface area contributed by atoms with E-state index in [-0.39, 0.29) is 5.69 Å². The number of rotatable bonds is 3. The summed E-state index contributed by atoms with van der Waals surface area (Å²) in [5.74, 6) is -0.496. The van der Waals surface area contributed by atoms with Gasteiger partial charge in [-0.2, -0.15) is 10.3 Å². The molecule has 1 N–H and O–H groups in total. The standard InChI is InChI=1S/C11H9Br2N3O2/c1-2-18-11(17)10-9(14-16-15-10)8-6(12)4-3-5-7(8)13/h3-5H,2H2,1H3,(H,14,15,16). The Bertz CT molecular complexity index is 563. The number of hydrogen-bond acceptors (Lipinski definition) is 4. The number of esters is 1. The number of nitrogens with zero attached hydrogens (tertiary/aromatic N) is 2. The van der Waals surface area contributed by atoms with Crippen LogP contribution in [0.2, 0.25) is 0 Å². The number of hydrogen-bond donors (Lipinski definition) is 1. The Morgan fingerprint density at radius 2 is 2.00 bits per heavy atom. The highest BCUT2D eigenvalue weighted by molar-refractivity contribution is 9.11. The topological polar surface area (TPSA) is 67.9 Å². The predicted octanol–water partition coefficient (Wildman–Crippen LogP) is 3.17. The number of carbonyl (C=O) groups excluding carboxylic acids is 1. The van der Waals surface area contributed by atoms with Gasteiger partial charge in [-0.3, -0.25) is 0 Å². The zero-order valence-electron chi connectivity index (χ0n) is 9.41. The van der Waals surface area contributed by atoms with E-state index in [1.165, 1.54) is 0 Å². The van der Waals surface area contributed by atoms with Crippen LogP contribution < -0.4 is 0 Å². The summed E-state index contributed by atoms with van der Waals surface area (Å²) in [6, 6.07) is 5.61. The number of aromatic nitrogens is 3. The van der Waals surface area contributed by atoms with E-state index in [9.17, 15) is 4.79 Å². The van der Waals surface area contributed by atoms with Gasteiger partial charge in [-0.25, -0.2) is 4.79 Å². The molecule has 0 unspecified atom stereocenters. The molecule has 2 aromatic rings. The van der Waals surface area contributed by atoms with Gasteiger partial charge in [-0.1, -0.05) is 37.9 Å². The Labute approximate surface area is 120 Å². The molecule has 1 aromatic heterocycles. The van der Waals surface area contributed by atoms with Crippen molar-refractivity contribution in [3.63, 3.8) is 0 Å². The smallest absolute Gasteiger partial charge is 0.361 e. The Hall–Kier alpha value is -1.21. The average molecular weight is 375 g/mol. The molecule has 0 fully saturated rings. The maximum Gasteiger partial charge on any atom is 0.361 e. The molecular formula is C11H9Br2N3O2. The number of carbonyl (C=O) groups is 1. The van der Waals surface area contributed by atoms with Gasteiger partial charge in [0.1, 0.15) is 5.69 Å². The van der Waals surface area contributed by atoms with Gasteiger partial charge >= 0.3 is 5.97 Å². The lowest BCUT2D eigenvalue weighted by Gasteiger charge is -2.05. The van der Waals surface area contributed by atoms with Crippen LogP contribution in [-0.4, -0.2) is 28.0 Å². The van der Waals surface area contributed by atoms with Crippen LogP contribution in [0.25, 0.3) is 11.3 Å². The molecule has 0 atom stereocenters. The molecule has 1 aromatic carbocycles. The quantitative estimate of drug-likeness (QED) is 0.838. The summed E-state index contributed by atoms with van der Waals surface area (Å²) in [6.07, 6.45) is 0. The molecule has 5 nitrogen and oxygen atoms in total. The largest absolute Gasteiger partial charge is 0.461 e. The van der Waals surface area contributed by atoms with E-state index in [2.05, 4.69) is 47.3 Å². The third-order valence-corrected chi connectivity index (χ3v) is 3.54. The van der Waals surface area contributed by atoms with Gasteiger partial charge in [0.25, 0.3) is 0 Å². The van der Waals surface area contributed by atoms with Crippen LogP contribution in [0.4, 0.5) is 0 Å². The molecule has 94 valence electrons. The lowest BCUT2D eigenvalue weighted by molar-refractivity contribution is 0.0520. The molecule has 0 radical (unpaired) electrons. The fourth-order valence-electron chi connectivity index (χ4n) is 1.47. The highest BCUT2D eigenvalue weighted by atomic mass is 79.9. The fourth-order valence-corrected chi connectivity index (χ4v) is 2.85. The van der Waals surface area contributed by atoms with Crippen molar-refractivity contribution in [1.29, 1.82) is 0 Å². The third-order valence-electron chi connectivity index (χ3n) is 2.22. The summed E-state index contributed by atoms with van der Waals surface area (Å²) in [6.45, 7) is 2.04. The highest BCUT2D eigenvalue weighted by Gasteiger charge is 2.22. The van der Waals surface area contributed by atoms with E-state index in [1.54, 1.807) is 6.92 Å². The predicted molar refractivity (Wildman–Crippen MR) is 73.2 cm³/mol. The van der Waals surface area contributed by atoms with E-state index in [0.717, 1.165) is 14.5 Å². The summed E-state index contributed by atoms with van der Waals surface area (Å²) in [5.41, 5.74) is 1.38. The first kappa shape index (κ1) is 13.2. The van der Waals surface area contributed by atoms with Crippen LogP contribution in [0.3, 0.4) is 0 Å². The number of benzene rings is 1. The Balaban J connectivity index is 2.52. The number of ether oxygens (including phenoxy) is 1. The second-order valence-electron chi connectivity index (χ2n) is 3.34. The van der Waals surface area contributed by atoms with Crippen molar-refractivity contribution in [2.75, 3.05) is 6.61 Å². The van der Waals surface area contributed by atoms with Gasteiger partial charge in [0.15, 0.2) is 5.69 Å². The fraction of sp³-hybridized carbons (Fsp3) is 0.182. The minimum atomic E-state index is -0.496. The normalized spacial score (nSPS) is 10.4. The van der Waals surface area contributed by atoms with Crippen molar-refractivity contribution >= 4 is 37.8 Å². The average Bonchev–Trinajstić information content (AvgIpc) is 2.78. The zero-order valence-corrected chi connectivity index (χ0v) is 12.6. The maximum absolute atomic E-state index is 11.7. The first-order valence-electron chi connectivity index (χ1n) is 5.17. The van der Waals surface area contributed by atoms with E-state index < -0.39 is 5.97 Å². The maximum atomic E-state index is 11.7. The lowest BCUT2D eigenvalue weighted by Crippen LogP contribution is -2.07. The Morgan fingerprint density at radius 1 is 1.33 bits per heavy atom. The number of halogens is 2. The number of aromatic amines is 1. The molecule has 0 saturated carbocycles. The molecule has 0 bridgehead atoms. The van der Waals surface area contributed by atoms with Crippen molar-refractivity contribution in [2.24, 2.45) is 0 Å². The highest BCUT2D eigenvalue weighted by Crippen LogP contribution is 2.35. The summed E-state index contributed by atoms with van der Waals surface area (Å²) in [7, 11) is 0. The molecule has 0 spiro atoms. The van der Waals surface area contributed by atoms with E-state index in [0.29, 0.717) is 12.3 Å². The monoisotopic (exact) mass is 373 g/mol. The van der Waals surface area contributed by atoms with Gasteiger partial charge in [-0.05, 0) is 19.1 Å². The zero-order chi connectivity index (χ0) is 13.1. The molecule has 18 heavy (non-hydrogen) atoms. The first-order chi connectivity index (χ1) is 8.65. The van der Waals surface area contributed by atoms with Gasteiger partial charge in [0.05, 0.1) is 6.61 Å². The molecule has 0 amide bonds. The van der Waals surface area contributed by atoms with Crippen molar-refractivity contribution in [3.8, 4) is 11.3 Å². The molecule has 2 rings (SSSR count). The molecule has 1 heterocycles. The number of H-pyrrole nitrogens is 1. The molecule has 7 heteroatoms. The summed E-state index contributed by atoms with van der Waals surface area (Å²) >= 11 is 6.85. The van der Waals surface area contributed by atoms with Gasteiger partial charge in [0.2, 0.25) is 0 Å². The van der Waals surface area contributed by atoms with E-state index in [4.69, 9.17) is 4.74 Å². The van der Waals surface area contributed by atoms with Crippen LogP contribution in [0, 0.1) is 0 Å². The van der Waals surface area contributed by atoms with Gasteiger partial charge in [-0.15, -0.1) is 5.10 Å². The van der Waals surface area contributed by atoms with Crippen molar-refractivity contribution in [1.82, 2.24) is 15.4 Å². The first-order valence-corrected chi connectivity index (χ1v) is 6.76. The summed E-state index contributed by atoms with van der Waals surface area (Å²) in [5, 5.41) is 10.3. The van der Waals surface area contributed by atoms with E-state index >= 15 is 0 Å². The molecule has 0 aliphatic heterocycles. The van der Waals surface area contributed by atoms with Gasteiger partial charge < -0.3 is 4.74 Å². The second kappa shape index (κ2) is 5.62. The van der Waals surface area contributed by atoms with Gasteiger partial charge in [0, 0.05) is 14.5 Å². The molecule has 0 saturated heterocycles. The van der Waals surface area contributed by atoms with Crippen molar-refractivity contribution < 1.29 is 9.53 Å². The third kappa shape index (κ3) is 2.46. The minimum absolute atomic E-state index is 0.171. The molecule has 0 aliphatic rings. The Kier molecular flexibility index (Phi) is 4.13. The van der Waals surface area contributed by atoms with Crippen LogP contribution >= 0.6 is 31.9 Å². The van der Waals surface area contributed by atoms with Crippen molar-refractivity contribution in [2.45, 2.75) is 6.92 Å². The molecule has 0 aliphatic carbocycles. The summed E-state index contributed by atoms with van der Waals surface area (Å²) < 4.78 is 6.57. The Morgan fingerprint density at radius 3 is 2.61 bits per heavy atom.